The molecule has 0 bridgehead atoms. The first-order chi connectivity index (χ1) is 9.10. The second kappa shape index (κ2) is 5.49. The number of rotatable bonds is 4. The van der Waals surface area contributed by atoms with Crippen LogP contribution < -0.4 is 10.1 Å². The summed E-state index contributed by atoms with van der Waals surface area (Å²) < 4.78 is 5.41. The van der Waals surface area contributed by atoms with Crippen molar-refractivity contribution in [2.45, 2.75) is 0 Å². The lowest BCUT2D eigenvalue weighted by Crippen LogP contribution is -1.96. The third-order valence-corrected chi connectivity index (χ3v) is 2.55. The SMILES string of the molecule is CNc1cc(Oc2cc([N+](=O)[O-])ccc2Cl)ncn1. The standard InChI is InChI=1S/C11H9ClN4O3/c1-13-10-5-11(15-6-14-10)19-9-4-7(16(17)18)2-3-8(9)12/h2-6H,1H3,(H,13,14,15). The van der Waals surface area contributed by atoms with E-state index >= 15 is 0 Å². The lowest BCUT2D eigenvalue weighted by Gasteiger charge is -2.07. The molecule has 1 N–H and O–H groups in total. The topological polar surface area (TPSA) is 90.2 Å². The van der Waals surface area contributed by atoms with Gasteiger partial charge in [-0.3, -0.25) is 10.1 Å². The predicted molar refractivity (Wildman–Crippen MR) is 69.8 cm³/mol. The molecule has 8 heteroatoms. The fourth-order valence-electron chi connectivity index (χ4n) is 1.33. The Morgan fingerprint density at radius 2 is 2.16 bits per heavy atom. The van der Waals surface area contributed by atoms with Crippen molar-refractivity contribution in [1.82, 2.24) is 9.97 Å². The molecule has 0 amide bonds. The molecule has 19 heavy (non-hydrogen) atoms. The molecule has 0 saturated carbocycles. The number of nitro benzene ring substituents is 1. The molecule has 2 rings (SSSR count). The van der Waals surface area contributed by atoms with E-state index in [4.69, 9.17) is 16.3 Å². The normalized spacial score (nSPS) is 10.0. The van der Waals surface area contributed by atoms with E-state index in [9.17, 15) is 10.1 Å². The maximum Gasteiger partial charge on any atom is 0.273 e. The average molecular weight is 281 g/mol. The van der Waals surface area contributed by atoms with Gasteiger partial charge in [0, 0.05) is 19.2 Å². The summed E-state index contributed by atoms with van der Waals surface area (Å²) in [6, 6.07) is 5.49. The van der Waals surface area contributed by atoms with Gasteiger partial charge in [-0.25, -0.2) is 9.97 Å². The van der Waals surface area contributed by atoms with Crippen molar-refractivity contribution in [3.8, 4) is 11.6 Å². The first-order valence-corrected chi connectivity index (χ1v) is 5.59. The minimum Gasteiger partial charge on any atom is -0.437 e. The molecular weight excluding hydrogens is 272 g/mol. The van der Waals surface area contributed by atoms with E-state index in [2.05, 4.69) is 15.3 Å². The summed E-state index contributed by atoms with van der Waals surface area (Å²) in [5.41, 5.74) is -0.109. The monoisotopic (exact) mass is 280 g/mol. The van der Waals surface area contributed by atoms with Crippen molar-refractivity contribution in [2.75, 3.05) is 12.4 Å². The third-order valence-electron chi connectivity index (χ3n) is 2.24. The third kappa shape index (κ3) is 3.08. The summed E-state index contributed by atoms with van der Waals surface area (Å²) in [5, 5.41) is 13.8. The Balaban J connectivity index is 2.31. The lowest BCUT2D eigenvalue weighted by molar-refractivity contribution is -0.384. The van der Waals surface area contributed by atoms with Crippen molar-refractivity contribution in [2.24, 2.45) is 0 Å². The van der Waals surface area contributed by atoms with Crippen molar-refractivity contribution in [3.05, 3.63) is 45.7 Å². The van der Waals surface area contributed by atoms with Gasteiger partial charge in [-0.1, -0.05) is 11.6 Å². The Kier molecular flexibility index (Phi) is 3.76. The van der Waals surface area contributed by atoms with E-state index in [1.165, 1.54) is 24.5 Å². The van der Waals surface area contributed by atoms with Crippen molar-refractivity contribution >= 4 is 23.1 Å². The van der Waals surface area contributed by atoms with E-state index in [1.807, 2.05) is 0 Å². The van der Waals surface area contributed by atoms with Crippen LogP contribution in [0.25, 0.3) is 0 Å². The van der Waals surface area contributed by atoms with Crippen molar-refractivity contribution in [1.29, 1.82) is 0 Å². The molecular formula is C11H9ClN4O3. The number of ether oxygens (including phenoxy) is 1. The zero-order chi connectivity index (χ0) is 13.8. The number of hydrogen-bond donors (Lipinski definition) is 1. The molecule has 0 saturated heterocycles. The molecule has 0 aliphatic heterocycles. The highest BCUT2D eigenvalue weighted by molar-refractivity contribution is 6.32. The number of nitrogens with one attached hydrogen (secondary N) is 1. The van der Waals surface area contributed by atoms with E-state index in [1.54, 1.807) is 13.1 Å². The Morgan fingerprint density at radius 3 is 2.84 bits per heavy atom. The molecule has 1 aromatic carbocycles. The first kappa shape index (κ1) is 13.0. The summed E-state index contributed by atoms with van der Waals surface area (Å²) in [5.74, 6) is 0.963. The van der Waals surface area contributed by atoms with Gasteiger partial charge < -0.3 is 10.1 Å². The summed E-state index contributed by atoms with van der Waals surface area (Å²) in [4.78, 5) is 18.0. The van der Waals surface area contributed by atoms with Gasteiger partial charge in [0.2, 0.25) is 5.88 Å². The van der Waals surface area contributed by atoms with Crippen LogP contribution in [0.15, 0.2) is 30.6 Å². The maximum absolute atomic E-state index is 10.7. The number of anilines is 1. The van der Waals surface area contributed by atoms with Gasteiger partial charge >= 0.3 is 0 Å². The highest BCUT2D eigenvalue weighted by Gasteiger charge is 2.12. The molecule has 0 fully saturated rings. The average Bonchev–Trinajstić information content (AvgIpc) is 2.41. The molecule has 2 aromatic rings. The zero-order valence-electron chi connectivity index (χ0n) is 9.83. The number of nitrogens with zero attached hydrogens (tertiary/aromatic N) is 3. The van der Waals surface area contributed by atoms with E-state index in [0.717, 1.165) is 0 Å². The second-order valence-electron chi connectivity index (χ2n) is 3.47. The van der Waals surface area contributed by atoms with E-state index in [0.29, 0.717) is 5.82 Å². The van der Waals surface area contributed by atoms with Gasteiger partial charge in [-0.2, -0.15) is 0 Å². The van der Waals surface area contributed by atoms with E-state index in [-0.39, 0.29) is 22.3 Å². The van der Waals surface area contributed by atoms with Gasteiger partial charge in [-0.05, 0) is 6.07 Å². The number of nitro groups is 1. The van der Waals surface area contributed by atoms with Crippen LogP contribution in [0.1, 0.15) is 0 Å². The quantitative estimate of drug-likeness (QED) is 0.684. The molecule has 0 radical (unpaired) electrons. The van der Waals surface area contributed by atoms with Crippen LogP contribution in [-0.2, 0) is 0 Å². The molecule has 0 spiro atoms. The van der Waals surface area contributed by atoms with Crippen molar-refractivity contribution < 1.29 is 9.66 Å². The number of hydrogen-bond acceptors (Lipinski definition) is 6. The number of non-ortho nitro benzene ring substituents is 1. The summed E-state index contributed by atoms with van der Waals surface area (Å²) in [6.07, 6.45) is 1.31. The van der Waals surface area contributed by atoms with Gasteiger partial charge in [0.15, 0.2) is 5.75 Å². The molecule has 0 aliphatic rings. The van der Waals surface area contributed by atoms with Crippen LogP contribution in [0.5, 0.6) is 11.6 Å². The second-order valence-corrected chi connectivity index (χ2v) is 3.87. The number of aromatic nitrogens is 2. The van der Waals surface area contributed by atoms with Gasteiger partial charge in [0.25, 0.3) is 5.69 Å². The van der Waals surface area contributed by atoms with Crippen LogP contribution in [0.2, 0.25) is 5.02 Å². The largest absolute Gasteiger partial charge is 0.437 e. The predicted octanol–water partition coefficient (Wildman–Crippen LogP) is 2.87. The van der Waals surface area contributed by atoms with Crippen molar-refractivity contribution in [3.63, 3.8) is 0 Å². The minimum atomic E-state index is -0.526. The Bertz CT molecular complexity index is 621. The van der Waals surface area contributed by atoms with Crippen LogP contribution in [0.4, 0.5) is 11.5 Å². The zero-order valence-corrected chi connectivity index (χ0v) is 10.6. The van der Waals surface area contributed by atoms with Crippen LogP contribution in [0.3, 0.4) is 0 Å². The molecule has 0 aliphatic carbocycles. The van der Waals surface area contributed by atoms with Gasteiger partial charge in [0.1, 0.15) is 12.1 Å². The highest BCUT2D eigenvalue weighted by atomic mass is 35.5. The molecule has 1 aromatic heterocycles. The fraction of sp³-hybridized carbons (Fsp3) is 0.0909. The maximum atomic E-state index is 10.7. The van der Waals surface area contributed by atoms with Gasteiger partial charge in [0.05, 0.1) is 16.0 Å². The van der Waals surface area contributed by atoms with Gasteiger partial charge in [-0.15, -0.1) is 0 Å². The Morgan fingerprint density at radius 1 is 1.37 bits per heavy atom. The summed E-state index contributed by atoms with van der Waals surface area (Å²) in [6.45, 7) is 0. The molecule has 1 heterocycles. The number of halogens is 1. The smallest absolute Gasteiger partial charge is 0.273 e. The number of benzene rings is 1. The summed E-state index contributed by atoms with van der Waals surface area (Å²) in [7, 11) is 1.70. The first-order valence-electron chi connectivity index (χ1n) is 5.21. The molecule has 7 nitrogen and oxygen atoms in total. The Hall–Kier alpha value is -2.41. The highest BCUT2D eigenvalue weighted by Crippen LogP contribution is 2.32. The minimum absolute atomic E-state index is 0.109. The van der Waals surface area contributed by atoms with Crippen LogP contribution in [0, 0.1) is 10.1 Å². The van der Waals surface area contributed by atoms with E-state index < -0.39 is 4.92 Å². The molecule has 98 valence electrons. The summed E-state index contributed by atoms with van der Waals surface area (Å²) >= 11 is 5.92. The van der Waals surface area contributed by atoms with Crippen LogP contribution >= 0.6 is 11.6 Å². The van der Waals surface area contributed by atoms with Crippen LogP contribution in [-0.4, -0.2) is 21.9 Å². The Labute approximate surface area is 113 Å². The fourth-order valence-corrected chi connectivity index (χ4v) is 1.48. The molecule has 0 unspecified atom stereocenters. The lowest BCUT2D eigenvalue weighted by atomic mass is 10.3. The molecule has 0 atom stereocenters.